The van der Waals surface area contributed by atoms with Crippen molar-refractivity contribution in [2.45, 2.75) is 19.4 Å². The summed E-state index contributed by atoms with van der Waals surface area (Å²) in [4.78, 5) is 12.0. The maximum Gasteiger partial charge on any atom is 0.224 e. The second kappa shape index (κ2) is 6.66. The van der Waals surface area contributed by atoms with Crippen molar-refractivity contribution in [3.63, 3.8) is 0 Å². The third-order valence-electron chi connectivity index (χ3n) is 3.00. The number of carbonyl (C=O) groups is 1. The molecular weight excluding hydrogens is 321 g/mol. The van der Waals surface area contributed by atoms with Gasteiger partial charge in [0, 0.05) is 4.47 Å². The van der Waals surface area contributed by atoms with E-state index in [4.69, 9.17) is 0 Å². The summed E-state index contributed by atoms with van der Waals surface area (Å²) in [6.07, 6.45) is 0.324. The van der Waals surface area contributed by atoms with Crippen LogP contribution in [0, 0.1) is 5.82 Å². The zero-order valence-electron chi connectivity index (χ0n) is 11.1. The van der Waals surface area contributed by atoms with E-state index >= 15 is 0 Å². The van der Waals surface area contributed by atoms with E-state index in [2.05, 4.69) is 21.2 Å². The van der Waals surface area contributed by atoms with Crippen LogP contribution in [0.3, 0.4) is 0 Å². The molecule has 0 fully saturated rings. The summed E-state index contributed by atoms with van der Waals surface area (Å²) in [7, 11) is 0. The van der Waals surface area contributed by atoms with E-state index in [9.17, 15) is 9.18 Å². The second-order valence-corrected chi connectivity index (χ2v) is 5.56. The summed E-state index contributed by atoms with van der Waals surface area (Å²) in [6, 6.07) is 13.7. The van der Waals surface area contributed by atoms with E-state index in [1.54, 1.807) is 12.1 Å². The van der Waals surface area contributed by atoms with Crippen LogP contribution >= 0.6 is 15.9 Å². The van der Waals surface area contributed by atoms with Gasteiger partial charge in [-0.05, 0) is 42.3 Å². The molecule has 0 saturated carbocycles. The molecular formula is C16H15BrFNO. The molecule has 2 rings (SSSR count). The zero-order valence-corrected chi connectivity index (χ0v) is 12.7. The van der Waals surface area contributed by atoms with Gasteiger partial charge in [0.05, 0.1) is 12.5 Å². The first-order chi connectivity index (χ1) is 9.54. The fourth-order valence-electron chi connectivity index (χ4n) is 1.96. The molecule has 1 atom stereocenters. The molecule has 0 saturated heterocycles. The Morgan fingerprint density at radius 1 is 1.25 bits per heavy atom. The normalized spacial score (nSPS) is 11.9. The van der Waals surface area contributed by atoms with E-state index in [1.807, 2.05) is 31.2 Å². The van der Waals surface area contributed by atoms with Gasteiger partial charge in [-0.2, -0.15) is 0 Å². The Labute approximate surface area is 126 Å². The molecule has 2 nitrogen and oxygen atoms in total. The lowest BCUT2D eigenvalue weighted by Crippen LogP contribution is -2.28. The Kier molecular flexibility index (Phi) is 4.90. The van der Waals surface area contributed by atoms with Crippen molar-refractivity contribution < 1.29 is 9.18 Å². The van der Waals surface area contributed by atoms with Crippen molar-refractivity contribution in [1.29, 1.82) is 0 Å². The van der Waals surface area contributed by atoms with Crippen LogP contribution < -0.4 is 5.32 Å². The number of halogens is 2. The molecule has 20 heavy (non-hydrogen) atoms. The van der Waals surface area contributed by atoms with E-state index in [0.29, 0.717) is 6.42 Å². The summed E-state index contributed by atoms with van der Waals surface area (Å²) < 4.78 is 13.8. The maximum absolute atomic E-state index is 12.8. The number of benzene rings is 2. The Bertz CT molecular complexity index is 598. The van der Waals surface area contributed by atoms with Gasteiger partial charge >= 0.3 is 0 Å². The predicted molar refractivity (Wildman–Crippen MR) is 80.8 cm³/mol. The molecule has 2 aromatic rings. The molecule has 0 aliphatic carbocycles. The second-order valence-electron chi connectivity index (χ2n) is 4.65. The van der Waals surface area contributed by atoms with Crippen molar-refractivity contribution in [2.75, 3.05) is 0 Å². The lowest BCUT2D eigenvalue weighted by atomic mass is 10.1. The van der Waals surface area contributed by atoms with Crippen LogP contribution in [0.2, 0.25) is 0 Å². The van der Waals surface area contributed by atoms with Gasteiger partial charge in [0.1, 0.15) is 5.82 Å². The summed E-state index contributed by atoms with van der Waals surface area (Å²) in [5.41, 5.74) is 1.83. The molecule has 0 heterocycles. The Morgan fingerprint density at radius 2 is 1.95 bits per heavy atom. The first kappa shape index (κ1) is 14.7. The van der Waals surface area contributed by atoms with Crippen molar-refractivity contribution in [3.05, 3.63) is 69.9 Å². The van der Waals surface area contributed by atoms with Gasteiger partial charge in [-0.3, -0.25) is 4.79 Å². The van der Waals surface area contributed by atoms with Gasteiger partial charge in [0.2, 0.25) is 5.91 Å². The summed E-state index contributed by atoms with van der Waals surface area (Å²) in [5, 5.41) is 2.91. The van der Waals surface area contributed by atoms with Crippen LogP contribution in [-0.4, -0.2) is 5.91 Å². The fourth-order valence-corrected chi connectivity index (χ4v) is 2.41. The van der Waals surface area contributed by atoms with Crippen molar-refractivity contribution in [1.82, 2.24) is 5.32 Å². The topological polar surface area (TPSA) is 29.1 Å². The molecule has 0 aromatic heterocycles. The van der Waals surface area contributed by atoms with E-state index in [0.717, 1.165) is 15.6 Å². The molecule has 2 aromatic carbocycles. The lowest BCUT2D eigenvalue weighted by Gasteiger charge is -2.14. The van der Waals surface area contributed by atoms with Crippen molar-refractivity contribution in [3.8, 4) is 0 Å². The summed E-state index contributed by atoms with van der Waals surface area (Å²) in [6.45, 7) is 1.88. The third kappa shape index (κ3) is 4.17. The van der Waals surface area contributed by atoms with Crippen LogP contribution in [0.15, 0.2) is 53.0 Å². The van der Waals surface area contributed by atoms with Crippen LogP contribution in [0.4, 0.5) is 4.39 Å². The van der Waals surface area contributed by atoms with Gasteiger partial charge < -0.3 is 5.32 Å². The number of hydrogen-bond acceptors (Lipinski definition) is 1. The van der Waals surface area contributed by atoms with Crippen molar-refractivity contribution in [2.24, 2.45) is 0 Å². The highest BCUT2D eigenvalue weighted by molar-refractivity contribution is 9.10. The highest BCUT2D eigenvalue weighted by Gasteiger charge is 2.10. The first-order valence-electron chi connectivity index (χ1n) is 6.34. The minimum atomic E-state index is -0.276. The summed E-state index contributed by atoms with van der Waals surface area (Å²) >= 11 is 3.38. The average molecular weight is 336 g/mol. The van der Waals surface area contributed by atoms with E-state index in [-0.39, 0.29) is 17.8 Å². The fraction of sp³-hybridized carbons (Fsp3) is 0.188. The molecule has 0 radical (unpaired) electrons. The number of hydrogen-bond donors (Lipinski definition) is 1. The van der Waals surface area contributed by atoms with Gasteiger partial charge in [0.15, 0.2) is 0 Å². The SMILES string of the molecule is CC(NC(=O)Cc1cccc(Br)c1)c1ccc(F)cc1. The van der Waals surface area contributed by atoms with Gasteiger partial charge in [-0.15, -0.1) is 0 Å². The molecule has 1 unspecified atom stereocenters. The molecule has 0 spiro atoms. The Hall–Kier alpha value is -1.68. The monoisotopic (exact) mass is 335 g/mol. The maximum atomic E-state index is 12.8. The van der Waals surface area contributed by atoms with Crippen LogP contribution in [0.25, 0.3) is 0 Å². The standard InChI is InChI=1S/C16H15BrFNO/c1-11(13-5-7-15(18)8-6-13)19-16(20)10-12-3-2-4-14(17)9-12/h2-9,11H,10H2,1H3,(H,19,20). The van der Waals surface area contributed by atoms with Gasteiger partial charge in [0.25, 0.3) is 0 Å². The van der Waals surface area contributed by atoms with Crippen LogP contribution in [0.1, 0.15) is 24.1 Å². The quantitative estimate of drug-likeness (QED) is 0.898. The van der Waals surface area contributed by atoms with E-state index in [1.165, 1.54) is 12.1 Å². The van der Waals surface area contributed by atoms with Crippen LogP contribution in [0.5, 0.6) is 0 Å². The van der Waals surface area contributed by atoms with Gasteiger partial charge in [-0.1, -0.05) is 40.2 Å². The minimum absolute atomic E-state index is 0.0556. The molecule has 0 bridgehead atoms. The largest absolute Gasteiger partial charge is 0.349 e. The molecule has 1 N–H and O–H groups in total. The first-order valence-corrected chi connectivity index (χ1v) is 7.13. The predicted octanol–water partition coefficient (Wildman–Crippen LogP) is 4.01. The minimum Gasteiger partial charge on any atom is -0.349 e. The molecule has 104 valence electrons. The van der Waals surface area contributed by atoms with Gasteiger partial charge in [-0.25, -0.2) is 4.39 Å². The lowest BCUT2D eigenvalue weighted by molar-refractivity contribution is -0.121. The number of carbonyl (C=O) groups excluding carboxylic acids is 1. The van der Waals surface area contributed by atoms with Crippen molar-refractivity contribution >= 4 is 21.8 Å². The molecule has 0 aliphatic heterocycles. The zero-order chi connectivity index (χ0) is 14.5. The Balaban J connectivity index is 1.95. The Morgan fingerprint density at radius 3 is 2.60 bits per heavy atom. The highest BCUT2D eigenvalue weighted by atomic mass is 79.9. The number of amides is 1. The number of nitrogens with one attached hydrogen (secondary N) is 1. The number of rotatable bonds is 4. The average Bonchev–Trinajstić information content (AvgIpc) is 2.39. The summed E-state index contributed by atoms with van der Waals surface area (Å²) in [5.74, 6) is -0.332. The molecule has 0 aliphatic rings. The highest BCUT2D eigenvalue weighted by Crippen LogP contribution is 2.15. The molecule has 4 heteroatoms. The smallest absolute Gasteiger partial charge is 0.224 e. The molecule has 1 amide bonds. The van der Waals surface area contributed by atoms with E-state index < -0.39 is 0 Å². The van der Waals surface area contributed by atoms with Crippen LogP contribution in [-0.2, 0) is 11.2 Å². The third-order valence-corrected chi connectivity index (χ3v) is 3.49.